The van der Waals surface area contributed by atoms with E-state index in [9.17, 15) is 8.42 Å². The summed E-state index contributed by atoms with van der Waals surface area (Å²) in [6, 6.07) is 0. The molecule has 0 spiro atoms. The van der Waals surface area contributed by atoms with Crippen LogP contribution in [0.15, 0.2) is 0 Å². The molecule has 0 bridgehead atoms. The summed E-state index contributed by atoms with van der Waals surface area (Å²) in [5, 5.41) is 3.28. The maximum atomic E-state index is 12.2. The van der Waals surface area contributed by atoms with E-state index in [1.165, 1.54) is 10.7 Å². The molecule has 0 aromatic heterocycles. The van der Waals surface area contributed by atoms with Gasteiger partial charge in [0.25, 0.3) is 10.2 Å². The van der Waals surface area contributed by atoms with E-state index >= 15 is 0 Å². The summed E-state index contributed by atoms with van der Waals surface area (Å²) in [6.07, 6.45) is 5.23. The van der Waals surface area contributed by atoms with Crippen molar-refractivity contribution in [3.05, 3.63) is 0 Å². The predicted octanol–water partition coefficient (Wildman–Crippen LogP) is 0.627. The number of nitrogens with one attached hydrogen (secondary N) is 2. The summed E-state index contributed by atoms with van der Waals surface area (Å²) < 4.78 is 28.7. The van der Waals surface area contributed by atoms with Gasteiger partial charge < -0.3 is 10.2 Å². The summed E-state index contributed by atoms with van der Waals surface area (Å²) in [5.41, 5.74) is 0.0105. The number of hydrogen-bond acceptors (Lipinski definition) is 4. The fraction of sp³-hybridized carbons (Fsp3) is 1.00. The Labute approximate surface area is 130 Å². The van der Waals surface area contributed by atoms with E-state index in [0.717, 1.165) is 38.8 Å². The molecule has 6 nitrogen and oxygen atoms in total. The molecule has 126 valence electrons. The minimum absolute atomic E-state index is 0.0105. The number of rotatable bonds is 11. The van der Waals surface area contributed by atoms with Gasteiger partial charge in [0.05, 0.1) is 0 Å². The SMILES string of the molecule is CCCNCCCN(C)S(=O)(=O)NCC1(N(C)C)CCC1. The molecule has 0 heterocycles. The molecule has 1 fully saturated rings. The second-order valence-electron chi connectivity index (χ2n) is 6.22. The summed E-state index contributed by atoms with van der Waals surface area (Å²) in [7, 11) is 2.33. The smallest absolute Gasteiger partial charge is 0.279 e. The molecule has 0 aromatic rings. The predicted molar refractivity (Wildman–Crippen MR) is 87.6 cm³/mol. The third kappa shape index (κ3) is 5.49. The van der Waals surface area contributed by atoms with Crippen molar-refractivity contribution in [1.82, 2.24) is 19.2 Å². The highest BCUT2D eigenvalue weighted by molar-refractivity contribution is 7.87. The number of nitrogens with zero attached hydrogens (tertiary/aromatic N) is 2. The zero-order valence-electron chi connectivity index (χ0n) is 14.0. The van der Waals surface area contributed by atoms with Crippen molar-refractivity contribution < 1.29 is 8.42 Å². The second-order valence-corrected chi connectivity index (χ2v) is 8.09. The van der Waals surface area contributed by atoms with Gasteiger partial charge in [0.15, 0.2) is 0 Å². The van der Waals surface area contributed by atoms with E-state index in [2.05, 4.69) is 21.9 Å². The lowest BCUT2D eigenvalue weighted by molar-refractivity contribution is 0.0653. The van der Waals surface area contributed by atoms with Crippen molar-refractivity contribution >= 4 is 10.2 Å². The molecule has 1 saturated carbocycles. The average Bonchev–Trinajstić information content (AvgIpc) is 2.36. The molecule has 1 rings (SSSR count). The number of hydrogen-bond donors (Lipinski definition) is 2. The van der Waals surface area contributed by atoms with Crippen molar-refractivity contribution in [3.63, 3.8) is 0 Å². The first-order valence-electron chi connectivity index (χ1n) is 7.93. The Balaban J connectivity index is 2.35. The van der Waals surface area contributed by atoms with Gasteiger partial charge in [0.1, 0.15) is 0 Å². The van der Waals surface area contributed by atoms with Gasteiger partial charge in [0, 0.05) is 25.7 Å². The Morgan fingerprint density at radius 2 is 1.81 bits per heavy atom. The molecule has 0 radical (unpaired) electrons. The van der Waals surface area contributed by atoms with Crippen LogP contribution < -0.4 is 10.0 Å². The first-order valence-corrected chi connectivity index (χ1v) is 9.37. The highest BCUT2D eigenvalue weighted by Gasteiger charge is 2.40. The van der Waals surface area contributed by atoms with Crippen molar-refractivity contribution in [1.29, 1.82) is 0 Å². The van der Waals surface area contributed by atoms with Gasteiger partial charge in [-0.1, -0.05) is 6.92 Å². The monoisotopic (exact) mass is 320 g/mol. The lowest BCUT2D eigenvalue weighted by Gasteiger charge is -2.47. The highest BCUT2D eigenvalue weighted by atomic mass is 32.2. The molecule has 0 saturated heterocycles. The Bertz CT molecular complexity index is 394. The first kappa shape index (κ1) is 18.8. The van der Waals surface area contributed by atoms with Crippen LogP contribution >= 0.6 is 0 Å². The molecular formula is C14H32N4O2S. The number of likely N-dealkylation sites (N-methyl/N-ethyl adjacent to an activating group) is 1. The van der Waals surface area contributed by atoms with Crippen LogP contribution in [0.3, 0.4) is 0 Å². The zero-order valence-corrected chi connectivity index (χ0v) is 14.8. The van der Waals surface area contributed by atoms with E-state index in [4.69, 9.17) is 0 Å². The van der Waals surface area contributed by atoms with Crippen molar-refractivity contribution in [2.75, 3.05) is 47.3 Å². The molecule has 1 aliphatic carbocycles. The van der Waals surface area contributed by atoms with Crippen LogP contribution in [-0.4, -0.2) is 70.5 Å². The summed E-state index contributed by atoms with van der Waals surface area (Å²) >= 11 is 0. The lowest BCUT2D eigenvalue weighted by atomic mass is 9.76. The van der Waals surface area contributed by atoms with Gasteiger partial charge in [-0.3, -0.25) is 0 Å². The Hall–Kier alpha value is -0.210. The summed E-state index contributed by atoms with van der Waals surface area (Å²) in [4.78, 5) is 2.15. The maximum absolute atomic E-state index is 12.2. The van der Waals surface area contributed by atoms with Crippen LogP contribution in [0.25, 0.3) is 0 Å². The van der Waals surface area contributed by atoms with E-state index in [1.807, 2.05) is 14.1 Å². The van der Waals surface area contributed by atoms with E-state index < -0.39 is 10.2 Å². The first-order chi connectivity index (χ1) is 9.84. The summed E-state index contributed by atoms with van der Waals surface area (Å²) in [5.74, 6) is 0. The molecule has 7 heteroatoms. The second kappa shape index (κ2) is 8.43. The normalized spacial score (nSPS) is 18.2. The summed E-state index contributed by atoms with van der Waals surface area (Å²) in [6.45, 7) is 5.01. The van der Waals surface area contributed by atoms with Crippen LogP contribution in [0.5, 0.6) is 0 Å². The molecule has 0 aromatic carbocycles. The molecule has 0 amide bonds. The van der Waals surface area contributed by atoms with Gasteiger partial charge in [-0.05, 0) is 59.3 Å². The third-order valence-electron chi connectivity index (χ3n) is 4.48. The highest BCUT2D eigenvalue weighted by Crippen LogP contribution is 2.35. The fourth-order valence-electron chi connectivity index (χ4n) is 2.55. The Kier molecular flexibility index (Phi) is 7.56. The standard InChI is InChI=1S/C14H32N4O2S/c1-5-10-15-11-7-12-18(4)21(19,20)16-13-14(17(2)3)8-6-9-14/h15-16H,5-13H2,1-4H3. The van der Waals surface area contributed by atoms with Crippen LogP contribution in [0.1, 0.15) is 39.0 Å². The fourth-order valence-corrected chi connectivity index (χ4v) is 3.59. The quantitative estimate of drug-likeness (QED) is 0.548. The van der Waals surface area contributed by atoms with Gasteiger partial charge in [-0.2, -0.15) is 12.7 Å². The molecule has 0 aliphatic heterocycles. The van der Waals surface area contributed by atoms with Gasteiger partial charge in [-0.15, -0.1) is 0 Å². The Morgan fingerprint density at radius 1 is 1.14 bits per heavy atom. The molecule has 0 unspecified atom stereocenters. The van der Waals surface area contributed by atoms with Crippen molar-refractivity contribution in [2.24, 2.45) is 0 Å². The Morgan fingerprint density at radius 3 is 2.29 bits per heavy atom. The van der Waals surface area contributed by atoms with Crippen LogP contribution in [0, 0.1) is 0 Å². The third-order valence-corrected chi connectivity index (χ3v) is 5.99. The van der Waals surface area contributed by atoms with Crippen LogP contribution in [0.2, 0.25) is 0 Å². The molecule has 2 N–H and O–H groups in total. The maximum Gasteiger partial charge on any atom is 0.279 e. The van der Waals surface area contributed by atoms with E-state index in [0.29, 0.717) is 13.1 Å². The molecule has 21 heavy (non-hydrogen) atoms. The van der Waals surface area contributed by atoms with Gasteiger partial charge in [-0.25, -0.2) is 4.72 Å². The molecular weight excluding hydrogens is 288 g/mol. The molecule has 0 atom stereocenters. The minimum Gasteiger partial charge on any atom is -0.317 e. The van der Waals surface area contributed by atoms with E-state index in [1.54, 1.807) is 7.05 Å². The molecule has 1 aliphatic rings. The average molecular weight is 321 g/mol. The van der Waals surface area contributed by atoms with Gasteiger partial charge in [0.2, 0.25) is 0 Å². The lowest BCUT2D eigenvalue weighted by Crippen LogP contribution is -2.58. The zero-order chi connectivity index (χ0) is 15.9. The van der Waals surface area contributed by atoms with Crippen molar-refractivity contribution in [3.8, 4) is 0 Å². The van der Waals surface area contributed by atoms with Crippen LogP contribution in [0.4, 0.5) is 0 Å². The van der Waals surface area contributed by atoms with Crippen LogP contribution in [-0.2, 0) is 10.2 Å². The largest absolute Gasteiger partial charge is 0.317 e. The van der Waals surface area contributed by atoms with Crippen molar-refractivity contribution in [2.45, 2.75) is 44.6 Å². The minimum atomic E-state index is -3.37. The topological polar surface area (TPSA) is 64.7 Å². The van der Waals surface area contributed by atoms with E-state index in [-0.39, 0.29) is 5.54 Å². The van der Waals surface area contributed by atoms with Gasteiger partial charge >= 0.3 is 0 Å².